The first-order chi connectivity index (χ1) is 25.3. The smallest absolute Gasteiger partial charge is 0.337 e. The van der Waals surface area contributed by atoms with E-state index in [2.05, 4.69) is 13.2 Å². The number of methoxy groups -OCH3 is 2. The Hall–Kier alpha value is -3.57. The first kappa shape index (κ1) is 42.2. The van der Waals surface area contributed by atoms with Crippen LogP contribution in [0.2, 0.25) is 0 Å². The molecule has 0 aliphatic carbocycles. The van der Waals surface area contributed by atoms with Gasteiger partial charge in [0, 0.05) is 17.8 Å². The predicted octanol–water partition coefficient (Wildman–Crippen LogP) is -3.20. The number of rotatable bonds is 14. The second-order valence-corrected chi connectivity index (χ2v) is 12.6. The molecule has 0 spiro atoms. The molecule has 8 N–H and O–H groups in total. The number of esters is 2. The summed E-state index contributed by atoms with van der Waals surface area (Å²) in [5, 5.41) is 81.1. The minimum absolute atomic E-state index is 0.0210. The second-order valence-electron chi connectivity index (χ2n) is 12.6. The molecule has 19 heteroatoms. The summed E-state index contributed by atoms with van der Waals surface area (Å²) < 4.78 is 43.7. The molecule has 4 rings (SSSR count). The zero-order valence-corrected chi connectivity index (χ0v) is 28.8. The SMILES string of the molecule is C=C[C@H]1[C@H](O[C@@H]2O[C@H](CO)[C@@H](O)[C@H](O)[C@H]2O)OC=C(C(=O)OC)[C@H]1C/C=C(/C=O)[C@@H]1C(C(=O)OC)=CO[C@@H](O[C@@H]2O[C@H](CO)[C@@H](O)[C@H](O)[C@H]2O)[C@@H]1C=C. The number of ether oxygens (including phenoxy) is 8. The van der Waals surface area contributed by atoms with E-state index in [1.165, 1.54) is 18.2 Å². The van der Waals surface area contributed by atoms with Gasteiger partial charge in [-0.3, -0.25) is 4.79 Å². The van der Waals surface area contributed by atoms with E-state index in [1.54, 1.807) is 0 Å². The Balaban J connectivity index is 1.66. The number of carbonyl (C=O) groups is 3. The molecule has 4 heterocycles. The highest BCUT2D eigenvalue weighted by molar-refractivity contribution is 5.92. The Morgan fingerprint density at radius 2 is 1.15 bits per heavy atom. The van der Waals surface area contributed by atoms with Crippen molar-refractivity contribution in [2.75, 3.05) is 27.4 Å². The molecule has 0 unspecified atom stereocenters. The lowest BCUT2D eigenvalue weighted by Gasteiger charge is -2.43. The van der Waals surface area contributed by atoms with Crippen molar-refractivity contribution in [3.8, 4) is 0 Å². The Bertz CT molecular complexity index is 1410. The van der Waals surface area contributed by atoms with Crippen LogP contribution in [0.1, 0.15) is 6.42 Å². The van der Waals surface area contributed by atoms with Crippen LogP contribution in [-0.2, 0) is 52.3 Å². The Kier molecular flexibility index (Phi) is 14.8. The quantitative estimate of drug-likeness (QED) is 0.0375. The van der Waals surface area contributed by atoms with E-state index in [9.17, 15) is 55.2 Å². The number of hydrogen-bond donors (Lipinski definition) is 8. The molecule has 0 aromatic rings. The molecular formula is C34H46O19. The van der Waals surface area contributed by atoms with Crippen LogP contribution in [0.3, 0.4) is 0 Å². The number of carbonyl (C=O) groups excluding carboxylic acids is 3. The van der Waals surface area contributed by atoms with Gasteiger partial charge in [0.25, 0.3) is 0 Å². The van der Waals surface area contributed by atoms with Crippen molar-refractivity contribution in [2.45, 2.75) is 80.4 Å². The van der Waals surface area contributed by atoms with Crippen molar-refractivity contribution >= 4 is 18.2 Å². The fraction of sp³-hybridized carbons (Fsp3) is 0.618. The van der Waals surface area contributed by atoms with E-state index in [1.807, 2.05) is 0 Å². The van der Waals surface area contributed by atoms with Gasteiger partial charge in [0.05, 0.1) is 57.0 Å². The monoisotopic (exact) mass is 758 g/mol. The molecule has 0 radical (unpaired) electrons. The van der Waals surface area contributed by atoms with E-state index in [0.29, 0.717) is 6.29 Å². The highest BCUT2D eigenvalue weighted by atomic mass is 16.8. The van der Waals surface area contributed by atoms with Crippen molar-refractivity contribution in [1.29, 1.82) is 0 Å². The predicted molar refractivity (Wildman–Crippen MR) is 173 cm³/mol. The normalized spacial score (nSPS) is 40.4. The van der Waals surface area contributed by atoms with Gasteiger partial charge < -0.3 is 78.7 Å². The molecule has 0 aromatic heterocycles. The van der Waals surface area contributed by atoms with Gasteiger partial charge in [-0.25, -0.2) is 9.59 Å². The third kappa shape index (κ3) is 8.72. The van der Waals surface area contributed by atoms with Crippen LogP contribution < -0.4 is 0 Å². The third-order valence-electron chi connectivity index (χ3n) is 9.59. The third-order valence-corrected chi connectivity index (χ3v) is 9.59. The minimum Gasteiger partial charge on any atom is -0.471 e. The first-order valence-electron chi connectivity index (χ1n) is 16.5. The van der Waals surface area contributed by atoms with Crippen molar-refractivity contribution in [3.05, 3.63) is 60.6 Å². The molecular weight excluding hydrogens is 712 g/mol. The van der Waals surface area contributed by atoms with Crippen LogP contribution in [0.4, 0.5) is 0 Å². The summed E-state index contributed by atoms with van der Waals surface area (Å²) in [7, 11) is 2.23. The maximum absolute atomic E-state index is 13.0. The zero-order chi connectivity index (χ0) is 39.1. The molecule has 53 heavy (non-hydrogen) atoms. The summed E-state index contributed by atoms with van der Waals surface area (Å²) in [5.74, 6) is -5.82. The van der Waals surface area contributed by atoms with Crippen molar-refractivity contribution in [3.63, 3.8) is 0 Å². The van der Waals surface area contributed by atoms with Crippen LogP contribution in [-0.4, -0.2) is 161 Å². The van der Waals surface area contributed by atoms with Gasteiger partial charge in [0.2, 0.25) is 12.6 Å². The topological polar surface area (TPSA) is 287 Å². The summed E-state index contributed by atoms with van der Waals surface area (Å²) in [6.07, 6.45) is -12.7. The molecule has 16 atom stereocenters. The first-order valence-corrected chi connectivity index (χ1v) is 16.5. The maximum Gasteiger partial charge on any atom is 0.337 e. The number of aliphatic hydroxyl groups is 8. The van der Waals surface area contributed by atoms with Gasteiger partial charge in [-0.2, -0.15) is 0 Å². The molecule has 0 saturated carbocycles. The highest BCUT2D eigenvalue weighted by Crippen LogP contribution is 2.41. The Morgan fingerprint density at radius 1 is 0.698 bits per heavy atom. The molecule has 0 bridgehead atoms. The molecule has 19 nitrogen and oxygen atoms in total. The van der Waals surface area contributed by atoms with Crippen molar-refractivity contribution < 1.29 is 93.1 Å². The zero-order valence-electron chi connectivity index (χ0n) is 28.8. The number of aldehydes is 1. The highest BCUT2D eigenvalue weighted by Gasteiger charge is 2.50. The second kappa shape index (κ2) is 18.7. The van der Waals surface area contributed by atoms with Crippen LogP contribution in [0.25, 0.3) is 0 Å². The lowest BCUT2D eigenvalue weighted by molar-refractivity contribution is -0.339. The standard InChI is InChI=1S/C34H46O19/c1-5-15-17(18(29(44)46-3)12-48-31(15)52-33-27(42)25(40)23(38)20(10-36)50-33)8-7-14(9-35)22-16(6-2)32(49-13-19(22)30(45)47-4)53-34-28(43)26(41)24(39)21(11-37)51-34/h5-7,9,12-13,15-17,20-28,31-34,36-43H,1-2,8,10-11H2,3-4H3/b14-7-/t15-,16-,17+,20-,21-,22+,23-,24-,25+,26+,27-,28-,31+,32+,33+,34+/m1/s1. The van der Waals surface area contributed by atoms with Gasteiger partial charge in [0.15, 0.2) is 12.6 Å². The summed E-state index contributed by atoms with van der Waals surface area (Å²) in [4.78, 5) is 38.7. The average molecular weight is 759 g/mol. The number of hydrogen-bond acceptors (Lipinski definition) is 19. The van der Waals surface area contributed by atoms with Crippen molar-refractivity contribution in [1.82, 2.24) is 0 Å². The van der Waals surface area contributed by atoms with E-state index in [-0.39, 0.29) is 23.1 Å². The summed E-state index contributed by atoms with van der Waals surface area (Å²) in [6.45, 7) is 6.16. The molecule has 2 saturated heterocycles. The molecule has 4 aliphatic heterocycles. The molecule has 296 valence electrons. The minimum atomic E-state index is -1.81. The van der Waals surface area contributed by atoms with Crippen LogP contribution in [0, 0.1) is 23.7 Å². The van der Waals surface area contributed by atoms with Crippen LogP contribution in [0.15, 0.2) is 60.6 Å². The Morgan fingerprint density at radius 3 is 1.58 bits per heavy atom. The van der Waals surface area contributed by atoms with Gasteiger partial charge in [-0.1, -0.05) is 18.2 Å². The number of allylic oxidation sites excluding steroid dienone is 2. The fourth-order valence-corrected chi connectivity index (χ4v) is 6.58. The lowest BCUT2D eigenvalue weighted by Crippen LogP contribution is -2.60. The Labute approximate surface area is 303 Å². The molecule has 0 aromatic carbocycles. The summed E-state index contributed by atoms with van der Waals surface area (Å²) in [6, 6.07) is 0. The van der Waals surface area contributed by atoms with E-state index < -0.39 is 123 Å². The van der Waals surface area contributed by atoms with Gasteiger partial charge in [-0.15, -0.1) is 13.2 Å². The average Bonchev–Trinajstić information content (AvgIpc) is 3.17. The number of aliphatic hydroxyl groups excluding tert-OH is 8. The van der Waals surface area contributed by atoms with E-state index in [4.69, 9.17) is 37.9 Å². The van der Waals surface area contributed by atoms with Gasteiger partial charge in [0.1, 0.15) is 55.1 Å². The van der Waals surface area contributed by atoms with E-state index in [0.717, 1.165) is 26.7 Å². The van der Waals surface area contributed by atoms with Crippen molar-refractivity contribution in [2.24, 2.45) is 23.7 Å². The van der Waals surface area contributed by atoms with Crippen LogP contribution >= 0.6 is 0 Å². The largest absolute Gasteiger partial charge is 0.471 e. The molecule has 4 aliphatic rings. The van der Waals surface area contributed by atoms with Gasteiger partial charge in [-0.05, 0) is 12.0 Å². The maximum atomic E-state index is 13.0. The lowest BCUT2D eigenvalue weighted by atomic mass is 9.76. The molecule has 2 fully saturated rings. The summed E-state index contributed by atoms with van der Waals surface area (Å²) >= 11 is 0. The van der Waals surface area contributed by atoms with Crippen LogP contribution in [0.5, 0.6) is 0 Å². The molecule has 0 amide bonds. The summed E-state index contributed by atoms with van der Waals surface area (Å²) in [5.41, 5.74) is -0.223. The van der Waals surface area contributed by atoms with E-state index >= 15 is 0 Å². The fourth-order valence-electron chi connectivity index (χ4n) is 6.58. The van der Waals surface area contributed by atoms with Gasteiger partial charge >= 0.3 is 11.9 Å².